The number of aromatic nitrogens is 2. The van der Waals surface area contributed by atoms with Crippen LogP contribution in [-0.2, 0) is 17.1 Å². The van der Waals surface area contributed by atoms with E-state index in [1.807, 2.05) is 56.7 Å². The zero-order valence-corrected chi connectivity index (χ0v) is 10.3. The number of hydrogen-bond acceptors (Lipinski definition) is 2. The Morgan fingerprint density at radius 2 is 1.19 bits per heavy atom. The predicted octanol–water partition coefficient (Wildman–Crippen LogP) is 3.37. The fraction of sp³-hybridized carbons (Fsp3) is 0.154. The largest absolute Gasteiger partial charge is 1.00 e. The summed E-state index contributed by atoms with van der Waals surface area (Å²) < 4.78 is 0. The van der Waals surface area contributed by atoms with E-state index >= 15 is 0 Å². The zero-order chi connectivity index (χ0) is 10.9. The molecule has 0 fully saturated rings. The van der Waals surface area contributed by atoms with Crippen LogP contribution in [0.4, 0.5) is 0 Å². The van der Waals surface area contributed by atoms with Crippen LogP contribution in [0.15, 0.2) is 48.8 Å². The van der Waals surface area contributed by atoms with E-state index in [-0.39, 0.29) is 17.1 Å². The van der Waals surface area contributed by atoms with Gasteiger partial charge in [0.1, 0.15) is 0 Å². The van der Waals surface area contributed by atoms with Crippen molar-refractivity contribution in [1.82, 2.24) is 9.97 Å². The third-order valence-electron chi connectivity index (χ3n) is 1.59. The molecular formula is C13H15CuN2. The van der Waals surface area contributed by atoms with Gasteiger partial charge < -0.3 is 6.42 Å². The van der Waals surface area contributed by atoms with E-state index in [4.69, 9.17) is 0 Å². The van der Waals surface area contributed by atoms with Crippen molar-refractivity contribution < 1.29 is 17.1 Å². The van der Waals surface area contributed by atoms with Crippen molar-refractivity contribution in [3.8, 4) is 11.4 Å². The van der Waals surface area contributed by atoms with Gasteiger partial charge in [0, 0.05) is 12.4 Å². The maximum Gasteiger partial charge on any atom is 1.00 e. The molecule has 2 aromatic heterocycles. The molecular weight excluding hydrogens is 248 g/mol. The fourth-order valence-corrected chi connectivity index (χ4v) is 1.03. The molecule has 2 nitrogen and oxygen atoms in total. The molecule has 0 aliphatic rings. The minimum absolute atomic E-state index is 0. The average molecular weight is 263 g/mol. The Labute approximate surface area is 108 Å². The van der Waals surface area contributed by atoms with Gasteiger partial charge >= 0.3 is 17.1 Å². The summed E-state index contributed by atoms with van der Waals surface area (Å²) in [6.45, 7) is 4.00. The molecule has 0 N–H and O–H groups in total. The number of rotatable bonds is 1. The maximum absolute atomic E-state index is 4.19. The minimum Gasteiger partial charge on any atom is -0.335 e. The third kappa shape index (κ3) is 5.06. The monoisotopic (exact) mass is 262 g/mol. The van der Waals surface area contributed by atoms with E-state index in [1.165, 1.54) is 0 Å². The van der Waals surface area contributed by atoms with Crippen molar-refractivity contribution in [2.45, 2.75) is 13.8 Å². The van der Waals surface area contributed by atoms with E-state index in [1.54, 1.807) is 12.4 Å². The predicted molar refractivity (Wildman–Crippen MR) is 63.1 cm³/mol. The van der Waals surface area contributed by atoms with Crippen molar-refractivity contribution in [3.63, 3.8) is 0 Å². The molecule has 0 saturated heterocycles. The van der Waals surface area contributed by atoms with E-state index in [0.717, 1.165) is 11.4 Å². The second kappa shape index (κ2) is 9.08. The average Bonchev–Trinajstić information content (AvgIpc) is 2.32. The molecule has 0 spiro atoms. The molecule has 0 saturated carbocycles. The van der Waals surface area contributed by atoms with Crippen molar-refractivity contribution in [2.75, 3.05) is 0 Å². The molecule has 16 heavy (non-hydrogen) atoms. The standard InChI is InChI=1S/C10H8N2.C3H7.Cu/c1-3-7-11-9(5-1)10-6-2-4-8-12-10;1-3-2;/h1-8H;3H,1-2H3;/q;-1;+1. The van der Waals surface area contributed by atoms with Gasteiger partial charge in [0.25, 0.3) is 0 Å². The van der Waals surface area contributed by atoms with Gasteiger partial charge in [-0.05, 0) is 24.3 Å². The smallest absolute Gasteiger partial charge is 0.335 e. The third-order valence-corrected chi connectivity index (χ3v) is 1.59. The molecule has 2 heterocycles. The molecule has 88 valence electrons. The molecule has 0 aliphatic carbocycles. The van der Waals surface area contributed by atoms with Crippen molar-refractivity contribution in [2.24, 2.45) is 0 Å². The van der Waals surface area contributed by atoms with Crippen LogP contribution in [0.2, 0.25) is 0 Å². The Kier molecular flexibility index (Phi) is 8.41. The second-order valence-electron chi connectivity index (χ2n) is 3.01. The first-order valence-electron chi connectivity index (χ1n) is 4.95. The number of nitrogens with zero attached hydrogens (tertiary/aromatic N) is 2. The second-order valence-corrected chi connectivity index (χ2v) is 3.01. The van der Waals surface area contributed by atoms with Crippen LogP contribution in [0.1, 0.15) is 13.8 Å². The van der Waals surface area contributed by atoms with Crippen LogP contribution < -0.4 is 0 Å². The Bertz CT molecular complexity index is 325. The maximum atomic E-state index is 4.19. The Balaban J connectivity index is 0.000000511. The summed E-state index contributed by atoms with van der Waals surface area (Å²) in [5, 5.41) is 0. The van der Waals surface area contributed by atoms with Crippen LogP contribution in [0.5, 0.6) is 0 Å². The normalized spacial score (nSPS) is 8.38. The van der Waals surface area contributed by atoms with Gasteiger partial charge in [0.15, 0.2) is 0 Å². The van der Waals surface area contributed by atoms with E-state index in [0.29, 0.717) is 0 Å². The summed E-state index contributed by atoms with van der Waals surface area (Å²) >= 11 is 0. The van der Waals surface area contributed by atoms with E-state index < -0.39 is 0 Å². The first kappa shape index (κ1) is 14.8. The van der Waals surface area contributed by atoms with Crippen molar-refractivity contribution >= 4 is 0 Å². The quantitative estimate of drug-likeness (QED) is 0.582. The summed E-state index contributed by atoms with van der Waals surface area (Å²) in [7, 11) is 0. The first-order valence-corrected chi connectivity index (χ1v) is 4.95. The Hall–Kier alpha value is -1.18. The minimum atomic E-state index is 0. The van der Waals surface area contributed by atoms with Crippen LogP contribution in [0.25, 0.3) is 11.4 Å². The summed E-state index contributed by atoms with van der Waals surface area (Å²) in [4.78, 5) is 8.37. The molecule has 0 amide bonds. The summed E-state index contributed by atoms with van der Waals surface area (Å²) in [5.74, 6) is 0. The number of pyridine rings is 2. The molecule has 0 aromatic carbocycles. The molecule has 0 radical (unpaired) electrons. The Morgan fingerprint density at radius 1 is 0.812 bits per heavy atom. The molecule has 0 aliphatic heterocycles. The van der Waals surface area contributed by atoms with Crippen molar-refractivity contribution in [1.29, 1.82) is 0 Å². The van der Waals surface area contributed by atoms with Crippen LogP contribution >= 0.6 is 0 Å². The van der Waals surface area contributed by atoms with Gasteiger partial charge in [-0.2, -0.15) is 13.8 Å². The molecule has 0 atom stereocenters. The SMILES string of the molecule is C[CH-]C.[Cu+].c1ccc(-c2ccccn2)nc1. The van der Waals surface area contributed by atoms with E-state index in [2.05, 4.69) is 9.97 Å². The van der Waals surface area contributed by atoms with Gasteiger partial charge in [0.2, 0.25) is 0 Å². The van der Waals surface area contributed by atoms with Crippen LogP contribution in [0, 0.1) is 6.42 Å². The van der Waals surface area contributed by atoms with Gasteiger partial charge in [-0.3, -0.25) is 9.97 Å². The molecule has 2 rings (SSSR count). The fourth-order valence-electron chi connectivity index (χ4n) is 1.03. The van der Waals surface area contributed by atoms with Gasteiger partial charge in [-0.25, -0.2) is 0 Å². The number of hydrogen-bond donors (Lipinski definition) is 0. The van der Waals surface area contributed by atoms with Gasteiger partial charge in [-0.15, -0.1) is 0 Å². The topological polar surface area (TPSA) is 25.8 Å². The van der Waals surface area contributed by atoms with Crippen LogP contribution in [-0.4, -0.2) is 9.97 Å². The van der Waals surface area contributed by atoms with Gasteiger partial charge in [0.05, 0.1) is 11.4 Å². The Morgan fingerprint density at radius 3 is 1.44 bits per heavy atom. The molecule has 2 aromatic rings. The summed E-state index contributed by atoms with van der Waals surface area (Å²) in [5.41, 5.74) is 1.83. The molecule has 0 bridgehead atoms. The summed E-state index contributed by atoms with van der Waals surface area (Å²) in [6, 6.07) is 11.6. The first-order chi connectivity index (χ1) is 7.38. The molecule has 3 heteroatoms. The summed E-state index contributed by atoms with van der Waals surface area (Å²) in [6.07, 6.45) is 5.54. The van der Waals surface area contributed by atoms with Gasteiger partial charge in [-0.1, -0.05) is 12.1 Å². The zero-order valence-electron chi connectivity index (χ0n) is 9.39. The van der Waals surface area contributed by atoms with Crippen molar-refractivity contribution in [3.05, 3.63) is 55.2 Å². The van der Waals surface area contributed by atoms with E-state index in [9.17, 15) is 0 Å². The van der Waals surface area contributed by atoms with Crippen LogP contribution in [0.3, 0.4) is 0 Å². The molecule has 0 unspecified atom stereocenters.